The van der Waals surface area contributed by atoms with Crippen LogP contribution in [0.4, 0.5) is 15.8 Å². The Labute approximate surface area is 115 Å². The van der Waals surface area contributed by atoms with Crippen molar-refractivity contribution >= 4 is 28.9 Å². The molecule has 19 heavy (non-hydrogen) atoms. The maximum absolute atomic E-state index is 13.4. The predicted molar refractivity (Wildman–Crippen MR) is 75.0 cm³/mol. The smallest absolute Gasteiger partial charge is 0.257 e. The first-order valence-corrected chi connectivity index (χ1v) is 5.98. The number of carbonyl (C=O) groups is 1. The fraction of sp³-hybridized carbons (Fsp3) is 0.0714. The lowest BCUT2D eigenvalue weighted by Gasteiger charge is -2.10. The fourth-order valence-corrected chi connectivity index (χ4v) is 1.85. The normalized spacial score (nSPS) is 10.3. The molecule has 0 saturated heterocycles. The van der Waals surface area contributed by atoms with E-state index in [2.05, 4.69) is 5.32 Å². The number of amides is 1. The number of nitrogen functional groups attached to an aromatic ring is 1. The summed E-state index contributed by atoms with van der Waals surface area (Å²) >= 11 is 5.77. The van der Waals surface area contributed by atoms with E-state index in [4.69, 9.17) is 17.3 Å². The summed E-state index contributed by atoms with van der Waals surface area (Å²) in [6.07, 6.45) is 0. The van der Waals surface area contributed by atoms with Gasteiger partial charge in [-0.1, -0.05) is 17.7 Å². The highest BCUT2D eigenvalue weighted by Crippen LogP contribution is 2.21. The number of rotatable bonds is 2. The van der Waals surface area contributed by atoms with E-state index in [1.165, 1.54) is 24.3 Å². The van der Waals surface area contributed by atoms with E-state index in [0.717, 1.165) is 0 Å². The molecule has 0 saturated carbocycles. The largest absolute Gasteiger partial charge is 0.398 e. The average molecular weight is 279 g/mol. The van der Waals surface area contributed by atoms with Crippen molar-refractivity contribution in [1.82, 2.24) is 0 Å². The van der Waals surface area contributed by atoms with Gasteiger partial charge in [-0.2, -0.15) is 0 Å². The maximum Gasteiger partial charge on any atom is 0.257 e. The first-order valence-electron chi connectivity index (χ1n) is 5.60. The van der Waals surface area contributed by atoms with Crippen molar-refractivity contribution in [3.8, 4) is 0 Å². The van der Waals surface area contributed by atoms with Gasteiger partial charge in [-0.25, -0.2) is 4.39 Å². The van der Waals surface area contributed by atoms with Crippen LogP contribution in [0.5, 0.6) is 0 Å². The van der Waals surface area contributed by atoms with Crippen LogP contribution in [0, 0.1) is 12.7 Å². The molecular weight excluding hydrogens is 267 g/mol. The standard InChI is InChI=1S/C14H12ClFN2O/c1-8-11(16)3-2-4-13(8)18-14(19)10-6-5-9(15)7-12(10)17/h2-7H,17H2,1H3,(H,18,19). The molecule has 5 heteroatoms. The third-order valence-electron chi connectivity index (χ3n) is 2.77. The van der Waals surface area contributed by atoms with Gasteiger partial charge < -0.3 is 11.1 Å². The lowest BCUT2D eigenvalue weighted by Crippen LogP contribution is -2.15. The molecule has 0 atom stereocenters. The van der Waals surface area contributed by atoms with E-state index in [-0.39, 0.29) is 11.5 Å². The van der Waals surface area contributed by atoms with Gasteiger partial charge >= 0.3 is 0 Å². The quantitative estimate of drug-likeness (QED) is 0.824. The summed E-state index contributed by atoms with van der Waals surface area (Å²) in [7, 11) is 0. The minimum absolute atomic E-state index is 0.277. The van der Waals surface area contributed by atoms with Gasteiger partial charge in [-0.05, 0) is 37.3 Å². The molecule has 98 valence electrons. The van der Waals surface area contributed by atoms with Gasteiger partial charge in [0.1, 0.15) is 5.82 Å². The number of hydrogen-bond donors (Lipinski definition) is 2. The van der Waals surface area contributed by atoms with Crippen LogP contribution in [-0.4, -0.2) is 5.91 Å². The first kappa shape index (κ1) is 13.4. The molecule has 0 aliphatic heterocycles. The van der Waals surface area contributed by atoms with Crippen molar-refractivity contribution in [2.24, 2.45) is 0 Å². The van der Waals surface area contributed by atoms with E-state index >= 15 is 0 Å². The molecule has 0 heterocycles. The summed E-state index contributed by atoms with van der Waals surface area (Å²) < 4.78 is 13.4. The van der Waals surface area contributed by atoms with E-state index in [9.17, 15) is 9.18 Å². The Balaban J connectivity index is 2.28. The summed E-state index contributed by atoms with van der Waals surface area (Å²) in [6, 6.07) is 9.09. The SMILES string of the molecule is Cc1c(F)cccc1NC(=O)c1ccc(Cl)cc1N. The molecular formula is C14H12ClFN2O. The number of carbonyl (C=O) groups excluding carboxylic acids is 1. The Morgan fingerprint density at radius 2 is 2.05 bits per heavy atom. The Bertz CT molecular complexity index is 643. The molecule has 2 aromatic rings. The topological polar surface area (TPSA) is 55.1 Å². The van der Waals surface area contributed by atoms with Gasteiger partial charge in [-0.15, -0.1) is 0 Å². The summed E-state index contributed by atoms with van der Waals surface area (Å²) in [5.41, 5.74) is 7.09. The van der Waals surface area contributed by atoms with Gasteiger partial charge in [0.2, 0.25) is 0 Å². The molecule has 2 aromatic carbocycles. The molecule has 3 N–H and O–H groups in total. The summed E-state index contributed by atoms with van der Waals surface area (Å²) in [5, 5.41) is 3.08. The third-order valence-corrected chi connectivity index (χ3v) is 3.01. The lowest BCUT2D eigenvalue weighted by atomic mass is 10.1. The summed E-state index contributed by atoms with van der Waals surface area (Å²) in [5.74, 6) is -0.773. The molecule has 0 spiro atoms. The van der Waals surface area contributed by atoms with Crippen LogP contribution in [0.1, 0.15) is 15.9 Å². The summed E-state index contributed by atoms with van der Waals surface area (Å²) in [4.78, 5) is 12.1. The van der Waals surface area contributed by atoms with E-state index < -0.39 is 5.91 Å². The molecule has 0 aromatic heterocycles. The van der Waals surface area contributed by atoms with Gasteiger partial charge in [0.25, 0.3) is 5.91 Å². The van der Waals surface area contributed by atoms with Gasteiger partial charge in [0.05, 0.1) is 5.56 Å². The van der Waals surface area contributed by atoms with Crippen LogP contribution in [0.3, 0.4) is 0 Å². The first-order chi connectivity index (χ1) is 8.99. The Kier molecular flexibility index (Phi) is 3.71. The zero-order valence-electron chi connectivity index (χ0n) is 10.2. The molecule has 0 bridgehead atoms. The number of halogens is 2. The van der Waals surface area contributed by atoms with E-state index in [1.54, 1.807) is 19.1 Å². The van der Waals surface area contributed by atoms with Crippen molar-refractivity contribution in [2.45, 2.75) is 6.92 Å². The van der Waals surface area contributed by atoms with Crippen molar-refractivity contribution in [1.29, 1.82) is 0 Å². The van der Waals surface area contributed by atoms with Crippen LogP contribution in [0.25, 0.3) is 0 Å². The minimum Gasteiger partial charge on any atom is -0.398 e. The Morgan fingerprint density at radius 3 is 2.74 bits per heavy atom. The van der Waals surface area contributed by atoms with Crippen molar-refractivity contribution in [3.05, 3.63) is 58.4 Å². The van der Waals surface area contributed by atoms with Gasteiger partial charge in [0, 0.05) is 22.0 Å². The van der Waals surface area contributed by atoms with Crippen molar-refractivity contribution in [2.75, 3.05) is 11.1 Å². The second-order valence-corrected chi connectivity index (χ2v) is 4.53. The average Bonchev–Trinajstić information content (AvgIpc) is 2.34. The maximum atomic E-state index is 13.4. The van der Waals surface area contributed by atoms with Crippen LogP contribution in [0.15, 0.2) is 36.4 Å². The van der Waals surface area contributed by atoms with Gasteiger partial charge in [-0.3, -0.25) is 4.79 Å². The van der Waals surface area contributed by atoms with Crippen LogP contribution >= 0.6 is 11.6 Å². The Hall–Kier alpha value is -2.07. The van der Waals surface area contributed by atoms with Crippen LogP contribution in [0.2, 0.25) is 5.02 Å². The predicted octanol–water partition coefficient (Wildman–Crippen LogP) is 3.62. The van der Waals surface area contributed by atoms with Crippen LogP contribution < -0.4 is 11.1 Å². The Morgan fingerprint density at radius 1 is 1.32 bits per heavy atom. The fourth-order valence-electron chi connectivity index (χ4n) is 1.67. The zero-order chi connectivity index (χ0) is 14.0. The number of hydrogen-bond acceptors (Lipinski definition) is 2. The number of anilines is 2. The number of benzene rings is 2. The molecule has 0 unspecified atom stereocenters. The molecule has 0 radical (unpaired) electrons. The second-order valence-electron chi connectivity index (χ2n) is 4.10. The molecule has 2 rings (SSSR count). The highest BCUT2D eigenvalue weighted by Gasteiger charge is 2.12. The monoisotopic (exact) mass is 278 g/mol. The molecule has 1 amide bonds. The minimum atomic E-state index is -0.400. The highest BCUT2D eigenvalue weighted by atomic mass is 35.5. The zero-order valence-corrected chi connectivity index (χ0v) is 11.0. The molecule has 0 fully saturated rings. The van der Waals surface area contributed by atoms with Crippen LogP contribution in [-0.2, 0) is 0 Å². The molecule has 0 aliphatic rings. The number of nitrogens with two attached hydrogens (primary N) is 1. The molecule has 3 nitrogen and oxygen atoms in total. The van der Waals surface area contributed by atoms with Crippen molar-refractivity contribution in [3.63, 3.8) is 0 Å². The third kappa shape index (κ3) is 2.85. The highest BCUT2D eigenvalue weighted by molar-refractivity contribution is 6.31. The van der Waals surface area contributed by atoms with Gasteiger partial charge in [0.15, 0.2) is 0 Å². The lowest BCUT2D eigenvalue weighted by molar-refractivity contribution is 0.102. The second kappa shape index (κ2) is 5.28. The van der Waals surface area contributed by atoms with Crippen molar-refractivity contribution < 1.29 is 9.18 Å². The van der Waals surface area contributed by atoms with E-state index in [0.29, 0.717) is 21.8 Å². The molecule has 0 aliphatic carbocycles. The number of nitrogens with one attached hydrogen (secondary N) is 1. The van der Waals surface area contributed by atoms with E-state index in [1.807, 2.05) is 0 Å². The summed E-state index contributed by atoms with van der Waals surface area (Å²) in [6.45, 7) is 1.59.